The minimum absolute atomic E-state index is 0.0377. The Morgan fingerprint density at radius 3 is 2.50 bits per heavy atom. The molecule has 1 amide bonds. The summed E-state index contributed by atoms with van der Waals surface area (Å²) in [6, 6.07) is 11.4. The summed E-state index contributed by atoms with van der Waals surface area (Å²) in [5.41, 5.74) is 1.96. The van der Waals surface area contributed by atoms with Gasteiger partial charge in [-0.05, 0) is 30.5 Å². The Labute approximate surface area is 141 Å². The summed E-state index contributed by atoms with van der Waals surface area (Å²) in [4.78, 5) is 25.2. The quantitative estimate of drug-likeness (QED) is 0.802. The van der Waals surface area contributed by atoms with Crippen molar-refractivity contribution in [3.8, 4) is 0 Å². The maximum absolute atomic E-state index is 12.8. The molecule has 1 heterocycles. The molecule has 1 N–H and O–H groups in total. The number of rotatable bonds is 8. The van der Waals surface area contributed by atoms with Gasteiger partial charge in [-0.3, -0.25) is 9.59 Å². The molecule has 2 rings (SSSR count). The standard InChI is InChI=1S/C19H23NO4/c1-3-16-14(2)12-17(24-16)19(23)20(11-7-10-18(21)22)13-15-8-5-4-6-9-15/h4-6,8-9,12H,3,7,10-11,13H2,1-2H3,(H,21,22). The van der Waals surface area contributed by atoms with Crippen LogP contribution in [0.3, 0.4) is 0 Å². The third-order valence-electron chi connectivity index (χ3n) is 3.87. The number of hydrogen-bond donors (Lipinski definition) is 1. The van der Waals surface area contributed by atoms with Gasteiger partial charge in [-0.25, -0.2) is 0 Å². The maximum atomic E-state index is 12.8. The number of nitrogens with zero attached hydrogens (tertiary/aromatic N) is 1. The summed E-state index contributed by atoms with van der Waals surface area (Å²) in [6.45, 7) is 4.71. The monoisotopic (exact) mass is 329 g/mol. The van der Waals surface area contributed by atoms with E-state index in [9.17, 15) is 9.59 Å². The van der Waals surface area contributed by atoms with E-state index in [4.69, 9.17) is 9.52 Å². The van der Waals surface area contributed by atoms with Gasteiger partial charge < -0.3 is 14.4 Å². The van der Waals surface area contributed by atoms with Crippen molar-refractivity contribution in [2.24, 2.45) is 0 Å². The normalized spacial score (nSPS) is 10.6. The molecule has 5 heteroatoms. The molecule has 0 aliphatic rings. The number of carbonyl (C=O) groups is 2. The minimum atomic E-state index is -0.857. The van der Waals surface area contributed by atoms with E-state index in [2.05, 4.69) is 0 Å². The number of carbonyl (C=O) groups excluding carboxylic acids is 1. The van der Waals surface area contributed by atoms with Gasteiger partial charge in [-0.2, -0.15) is 0 Å². The Balaban J connectivity index is 2.16. The number of carboxylic acids is 1. The van der Waals surface area contributed by atoms with Gasteiger partial charge in [0.25, 0.3) is 5.91 Å². The van der Waals surface area contributed by atoms with E-state index in [1.165, 1.54) is 0 Å². The van der Waals surface area contributed by atoms with Crippen LogP contribution in [0.2, 0.25) is 0 Å². The van der Waals surface area contributed by atoms with Gasteiger partial charge in [-0.15, -0.1) is 0 Å². The van der Waals surface area contributed by atoms with Crippen LogP contribution in [0, 0.1) is 6.92 Å². The number of amides is 1. The molecule has 24 heavy (non-hydrogen) atoms. The first-order valence-corrected chi connectivity index (χ1v) is 8.15. The largest absolute Gasteiger partial charge is 0.481 e. The third-order valence-corrected chi connectivity index (χ3v) is 3.87. The Kier molecular flexibility index (Phi) is 6.18. The van der Waals surface area contributed by atoms with Crippen molar-refractivity contribution < 1.29 is 19.1 Å². The molecule has 0 atom stereocenters. The first kappa shape index (κ1) is 17.8. The molecule has 0 fully saturated rings. The van der Waals surface area contributed by atoms with Gasteiger partial charge in [0.05, 0.1) is 0 Å². The number of aryl methyl sites for hydroxylation is 2. The summed E-state index contributed by atoms with van der Waals surface area (Å²) < 4.78 is 5.66. The fraction of sp³-hybridized carbons (Fsp3) is 0.368. The molecular formula is C19H23NO4. The first-order valence-electron chi connectivity index (χ1n) is 8.15. The van der Waals surface area contributed by atoms with Crippen molar-refractivity contribution in [2.45, 2.75) is 39.7 Å². The van der Waals surface area contributed by atoms with Crippen molar-refractivity contribution in [3.05, 3.63) is 59.0 Å². The molecule has 0 unspecified atom stereocenters. The number of hydrogen-bond acceptors (Lipinski definition) is 3. The van der Waals surface area contributed by atoms with Crippen LogP contribution in [0.4, 0.5) is 0 Å². The van der Waals surface area contributed by atoms with Crippen molar-refractivity contribution in [3.63, 3.8) is 0 Å². The summed E-state index contributed by atoms with van der Waals surface area (Å²) in [5, 5.41) is 8.82. The fourth-order valence-electron chi connectivity index (χ4n) is 2.61. The zero-order valence-electron chi connectivity index (χ0n) is 14.1. The van der Waals surface area contributed by atoms with Crippen molar-refractivity contribution in [2.75, 3.05) is 6.54 Å². The van der Waals surface area contributed by atoms with E-state index in [0.29, 0.717) is 25.3 Å². The highest BCUT2D eigenvalue weighted by Crippen LogP contribution is 2.18. The Morgan fingerprint density at radius 2 is 1.92 bits per heavy atom. The van der Waals surface area contributed by atoms with E-state index < -0.39 is 5.97 Å². The summed E-state index contributed by atoms with van der Waals surface area (Å²) >= 11 is 0. The molecule has 0 radical (unpaired) electrons. The summed E-state index contributed by atoms with van der Waals surface area (Å²) in [7, 11) is 0. The smallest absolute Gasteiger partial charge is 0.303 e. The third kappa shape index (κ3) is 4.72. The Morgan fingerprint density at radius 1 is 1.21 bits per heavy atom. The van der Waals surface area contributed by atoms with Crippen LogP contribution >= 0.6 is 0 Å². The van der Waals surface area contributed by atoms with E-state index in [0.717, 1.165) is 23.3 Å². The molecule has 0 saturated carbocycles. The molecule has 0 spiro atoms. The van der Waals surface area contributed by atoms with E-state index >= 15 is 0 Å². The van der Waals surface area contributed by atoms with Gasteiger partial charge in [0.1, 0.15) is 5.76 Å². The highest BCUT2D eigenvalue weighted by Gasteiger charge is 2.21. The lowest BCUT2D eigenvalue weighted by Crippen LogP contribution is -2.31. The van der Waals surface area contributed by atoms with E-state index in [-0.39, 0.29) is 12.3 Å². The summed E-state index contributed by atoms with van der Waals surface area (Å²) in [5.74, 6) is 0.0652. The molecule has 0 saturated heterocycles. The van der Waals surface area contributed by atoms with Crippen molar-refractivity contribution in [1.82, 2.24) is 4.90 Å². The predicted octanol–water partition coefficient (Wildman–Crippen LogP) is 3.66. The van der Waals surface area contributed by atoms with Gasteiger partial charge in [0.15, 0.2) is 5.76 Å². The average molecular weight is 329 g/mol. The second-order valence-corrected chi connectivity index (χ2v) is 5.78. The van der Waals surface area contributed by atoms with Crippen LogP contribution in [0.25, 0.3) is 0 Å². The minimum Gasteiger partial charge on any atom is -0.481 e. The molecule has 0 aliphatic carbocycles. The SMILES string of the molecule is CCc1oc(C(=O)N(CCCC(=O)O)Cc2ccccc2)cc1C. The lowest BCUT2D eigenvalue weighted by molar-refractivity contribution is -0.137. The van der Waals surface area contributed by atoms with Crippen LogP contribution < -0.4 is 0 Å². The zero-order chi connectivity index (χ0) is 17.5. The molecule has 5 nitrogen and oxygen atoms in total. The Hall–Kier alpha value is -2.56. The topological polar surface area (TPSA) is 70.8 Å². The average Bonchev–Trinajstić information content (AvgIpc) is 2.95. The van der Waals surface area contributed by atoms with Crippen LogP contribution in [-0.4, -0.2) is 28.4 Å². The number of benzene rings is 1. The second kappa shape index (κ2) is 8.34. The molecule has 128 valence electrons. The fourth-order valence-corrected chi connectivity index (χ4v) is 2.61. The van der Waals surface area contributed by atoms with Gasteiger partial charge in [0.2, 0.25) is 0 Å². The number of furan rings is 1. The first-order chi connectivity index (χ1) is 11.5. The summed E-state index contributed by atoms with van der Waals surface area (Å²) in [6.07, 6.45) is 1.18. The lowest BCUT2D eigenvalue weighted by Gasteiger charge is -2.21. The highest BCUT2D eigenvalue weighted by molar-refractivity contribution is 5.91. The van der Waals surface area contributed by atoms with Crippen molar-refractivity contribution >= 4 is 11.9 Å². The van der Waals surface area contributed by atoms with Crippen LogP contribution in [0.15, 0.2) is 40.8 Å². The highest BCUT2D eigenvalue weighted by atomic mass is 16.4. The van der Waals surface area contributed by atoms with Gasteiger partial charge in [0, 0.05) is 25.9 Å². The van der Waals surface area contributed by atoms with Crippen LogP contribution in [-0.2, 0) is 17.8 Å². The van der Waals surface area contributed by atoms with Gasteiger partial charge in [-0.1, -0.05) is 37.3 Å². The maximum Gasteiger partial charge on any atom is 0.303 e. The second-order valence-electron chi connectivity index (χ2n) is 5.78. The van der Waals surface area contributed by atoms with Crippen LogP contribution in [0.5, 0.6) is 0 Å². The van der Waals surface area contributed by atoms with E-state index in [1.807, 2.05) is 44.2 Å². The molecule has 0 bridgehead atoms. The van der Waals surface area contributed by atoms with Crippen molar-refractivity contribution in [1.29, 1.82) is 0 Å². The number of carboxylic acid groups (broad SMARTS) is 1. The molecule has 2 aromatic rings. The molecular weight excluding hydrogens is 306 g/mol. The van der Waals surface area contributed by atoms with E-state index in [1.54, 1.807) is 11.0 Å². The molecule has 1 aromatic carbocycles. The van der Waals surface area contributed by atoms with Crippen LogP contribution in [0.1, 0.15) is 47.2 Å². The molecule has 0 aliphatic heterocycles. The number of aliphatic carboxylic acids is 1. The zero-order valence-corrected chi connectivity index (χ0v) is 14.1. The van der Waals surface area contributed by atoms with Gasteiger partial charge >= 0.3 is 5.97 Å². The predicted molar refractivity (Wildman–Crippen MR) is 90.9 cm³/mol. The molecule has 1 aromatic heterocycles. The lowest BCUT2D eigenvalue weighted by atomic mass is 10.2. The Bertz CT molecular complexity index is 691.